The van der Waals surface area contributed by atoms with Crippen molar-refractivity contribution in [3.05, 3.63) is 46.0 Å². The van der Waals surface area contributed by atoms with Crippen LogP contribution >= 0.6 is 27.5 Å². The van der Waals surface area contributed by atoms with Crippen LogP contribution in [0.5, 0.6) is 11.6 Å². The summed E-state index contributed by atoms with van der Waals surface area (Å²) in [6, 6.07) is 8.25. The first kappa shape index (κ1) is 16.7. The Morgan fingerprint density at radius 3 is 2.52 bits per heavy atom. The van der Waals surface area contributed by atoms with Crippen molar-refractivity contribution in [2.45, 2.75) is 17.7 Å². The lowest BCUT2D eigenvalue weighted by Crippen LogP contribution is -2.27. The zero-order valence-corrected chi connectivity index (χ0v) is 15.2. The van der Waals surface area contributed by atoms with E-state index in [-0.39, 0.29) is 10.8 Å². The molecule has 0 N–H and O–H groups in total. The van der Waals surface area contributed by atoms with Crippen molar-refractivity contribution in [3.8, 4) is 11.6 Å². The van der Waals surface area contributed by atoms with Gasteiger partial charge in [-0.2, -0.15) is 4.31 Å². The zero-order valence-electron chi connectivity index (χ0n) is 12.1. The van der Waals surface area contributed by atoms with Crippen LogP contribution in [0.1, 0.15) is 12.8 Å². The van der Waals surface area contributed by atoms with Crippen LogP contribution in [-0.2, 0) is 10.0 Å². The molecule has 0 unspecified atom stereocenters. The van der Waals surface area contributed by atoms with Gasteiger partial charge in [0.2, 0.25) is 15.9 Å². The molecule has 0 atom stereocenters. The number of hydrogen-bond donors (Lipinski definition) is 0. The molecule has 1 fully saturated rings. The average Bonchev–Trinajstić information content (AvgIpc) is 3.06. The number of nitrogens with zero attached hydrogens (tertiary/aromatic N) is 2. The fourth-order valence-electron chi connectivity index (χ4n) is 2.33. The summed E-state index contributed by atoms with van der Waals surface area (Å²) in [4.78, 5) is 4.25. The van der Waals surface area contributed by atoms with E-state index in [0.29, 0.717) is 23.9 Å². The molecule has 0 spiro atoms. The molecular weight excluding hydrogens is 404 g/mol. The lowest BCUT2D eigenvalue weighted by Gasteiger charge is -2.15. The van der Waals surface area contributed by atoms with E-state index in [9.17, 15) is 8.42 Å². The van der Waals surface area contributed by atoms with Crippen molar-refractivity contribution in [3.63, 3.8) is 0 Å². The van der Waals surface area contributed by atoms with Gasteiger partial charge in [0.1, 0.15) is 10.6 Å². The van der Waals surface area contributed by atoms with E-state index in [0.717, 1.165) is 17.3 Å². The van der Waals surface area contributed by atoms with Gasteiger partial charge in [-0.05, 0) is 37.1 Å². The topological polar surface area (TPSA) is 59.5 Å². The third kappa shape index (κ3) is 3.68. The van der Waals surface area contributed by atoms with Crippen molar-refractivity contribution < 1.29 is 13.2 Å². The predicted octanol–water partition coefficient (Wildman–Crippen LogP) is 4.07. The number of halogens is 2. The Morgan fingerprint density at radius 1 is 1.17 bits per heavy atom. The number of ether oxygens (including phenoxy) is 1. The van der Waals surface area contributed by atoms with Gasteiger partial charge in [0.25, 0.3) is 0 Å². The van der Waals surface area contributed by atoms with Crippen molar-refractivity contribution >= 4 is 37.6 Å². The fourth-order valence-corrected chi connectivity index (χ4v) is 4.50. The number of hydrogen-bond acceptors (Lipinski definition) is 4. The van der Waals surface area contributed by atoms with Gasteiger partial charge in [-0.25, -0.2) is 13.4 Å². The highest BCUT2D eigenvalue weighted by atomic mass is 79.9. The summed E-state index contributed by atoms with van der Waals surface area (Å²) in [5.41, 5.74) is 0. The van der Waals surface area contributed by atoms with E-state index in [1.165, 1.54) is 22.6 Å². The molecule has 3 rings (SSSR count). The summed E-state index contributed by atoms with van der Waals surface area (Å²) >= 11 is 9.40. The first-order valence-electron chi connectivity index (χ1n) is 7.06. The molecule has 0 saturated carbocycles. The highest BCUT2D eigenvalue weighted by Crippen LogP contribution is 2.31. The number of benzene rings is 1. The standard InChI is InChI=1S/C15H14BrClN2O3S/c16-11-3-5-14(13(17)9-11)22-15-6-4-12(10-18-15)23(20,21)19-7-1-2-8-19/h3-6,9-10H,1-2,7-8H2. The van der Waals surface area contributed by atoms with Gasteiger partial charge in [0.05, 0.1) is 11.2 Å². The number of pyridine rings is 1. The smallest absolute Gasteiger partial charge is 0.244 e. The van der Waals surface area contributed by atoms with Crippen molar-refractivity contribution in [1.29, 1.82) is 0 Å². The minimum Gasteiger partial charge on any atom is -0.437 e. The van der Waals surface area contributed by atoms with Gasteiger partial charge in [0, 0.05) is 23.6 Å². The zero-order chi connectivity index (χ0) is 16.4. The van der Waals surface area contributed by atoms with Gasteiger partial charge in [0.15, 0.2) is 0 Å². The monoisotopic (exact) mass is 416 g/mol. The third-order valence-corrected chi connectivity index (χ3v) is 6.19. The van der Waals surface area contributed by atoms with Gasteiger partial charge in [-0.1, -0.05) is 27.5 Å². The molecule has 1 aliphatic heterocycles. The van der Waals surface area contributed by atoms with E-state index >= 15 is 0 Å². The first-order chi connectivity index (χ1) is 11.0. The molecule has 1 aromatic heterocycles. The molecule has 0 radical (unpaired) electrons. The van der Waals surface area contributed by atoms with Gasteiger partial charge in [-0.3, -0.25) is 0 Å². The summed E-state index contributed by atoms with van der Waals surface area (Å²) in [7, 11) is -3.46. The van der Waals surface area contributed by atoms with E-state index in [4.69, 9.17) is 16.3 Å². The molecule has 8 heteroatoms. The molecule has 0 aliphatic carbocycles. The Labute approximate surface area is 148 Å². The molecule has 0 amide bonds. The minimum atomic E-state index is -3.46. The van der Waals surface area contributed by atoms with Crippen molar-refractivity contribution in [2.75, 3.05) is 13.1 Å². The van der Waals surface area contributed by atoms with Crippen LogP contribution in [0, 0.1) is 0 Å². The molecule has 5 nitrogen and oxygen atoms in total. The maximum atomic E-state index is 12.4. The van der Waals surface area contributed by atoms with Crippen LogP contribution in [0.25, 0.3) is 0 Å². The van der Waals surface area contributed by atoms with E-state index in [1.807, 2.05) is 0 Å². The van der Waals surface area contributed by atoms with Crippen LogP contribution in [0.2, 0.25) is 5.02 Å². The first-order valence-corrected chi connectivity index (χ1v) is 9.67. The molecular formula is C15H14BrClN2O3S. The Kier molecular flexibility index (Phi) is 4.91. The summed E-state index contributed by atoms with van der Waals surface area (Å²) in [5, 5.41) is 0.440. The second-order valence-corrected chi connectivity index (χ2v) is 8.38. The lowest BCUT2D eigenvalue weighted by atomic mass is 10.3. The lowest BCUT2D eigenvalue weighted by molar-refractivity contribution is 0.460. The Hall–Kier alpha value is -1.15. The highest BCUT2D eigenvalue weighted by Gasteiger charge is 2.27. The summed E-state index contributed by atoms with van der Waals surface area (Å²) < 4.78 is 32.7. The SMILES string of the molecule is O=S(=O)(c1ccc(Oc2ccc(Br)cc2Cl)nc1)N1CCCC1. The second kappa shape index (κ2) is 6.76. The summed E-state index contributed by atoms with van der Waals surface area (Å²) in [5.74, 6) is 0.743. The van der Waals surface area contributed by atoms with Crippen LogP contribution in [0.15, 0.2) is 45.9 Å². The van der Waals surface area contributed by atoms with Gasteiger partial charge >= 0.3 is 0 Å². The molecule has 2 heterocycles. The number of aromatic nitrogens is 1. The summed E-state index contributed by atoms with van der Waals surface area (Å²) in [6.07, 6.45) is 3.11. The van der Waals surface area contributed by atoms with Crippen LogP contribution in [-0.4, -0.2) is 30.8 Å². The highest BCUT2D eigenvalue weighted by molar-refractivity contribution is 9.10. The Morgan fingerprint density at radius 2 is 1.91 bits per heavy atom. The molecule has 0 bridgehead atoms. The number of rotatable bonds is 4. The number of sulfonamides is 1. The van der Waals surface area contributed by atoms with Crippen molar-refractivity contribution in [1.82, 2.24) is 9.29 Å². The molecule has 122 valence electrons. The summed E-state index contributed by atoms with van der Waals surface area (Å²) in [6.45, 7) is 1.13. The minimum absolute atomic E-state index is 0.175. The largest absolute Gasteiger partial charge is 0.437 e. The molecule has 2 aromatic rings. The van der Waals surface area contributed by atoms with E-state index in [2.05, 4.69) is 20.9 Å². The normalized spacial score (nSPS) is 15.7. The van der Waals surface area contributed by atoms with E-state index < -0.39 is 10.0 Å². The quantitative estimate of drug-likeness (QED) is 0.752. The fraction of sp³-hybridized carbons (Fsp3) is 0.267. The molecule has 1 aliphatic rings. The molecule has 23 heavy (non-hydrogen) atoms. The van der Waals surface area contributed by atoms with Crippen LogP contribution in [0.3, 0.4) is 0 Å². The Balaban J connectivity index is 1.79. The van der Waals surface area contributed by atoms with Gasteiger partial charge in [-0.15, -0.1) is 0 Å². The maximum Gasteiger partial charge on any atom is 0.244 e. The van der Waals surface area contributed by atoms with Gasteiger partial charge < -0.3 is 4.74 Å². The van der Waals surface area contributed by atoms with Crippen LogP contribution in [0.4, 0.5) is 0 Å². The second-order valence-electron chi connectivity index (χ2n) is 5.12. The van der Waals surface area contributed by atoms with Crippen LogP contribution < -0.4 is 4.74 Å². The molecule has 1 saturated heterocycles. The third-order valence-electron chi connectivity index (χ3n) is 3.52. The van der Waals surface area contributed by atoms with E-state index in [1.54, 1.807) is 18.2 Å². The maximum absolute atomic E-state index is 12.4. The van der Waals surface area contributed by atoms with Crippen molar-refractivity contribution in [2.24, 2.45) is 0 Å². The molecule has 1 aromatic carbocycles. The average molecular weight is 418 g/mol. The predicted molar refractivity (Wildman–Crippen MR) is 91.5 cm³/mol. The Bertz CT molecular complexity index is 806.